The normalized spacial score (nSPS) is 12.1. The quantitative estimate of drug-likeness (QED) is 0.0261. The lowest BCUT2D eigenvalue weighted by molar-refractivity contribution is -0.167. The van der Waals surface area contributed by atoms with Gasteiger partial charge < -0.3 is 14.2 Å². The Kier molecular flexibility index (Phi) is 59.6. The molecule has 0 rings (SSSR count). The Balaban J connectivity index is 4.02. The molecule has 0 aromatic heterocycles. The highest BCUT2D eigenvalue weighted by Crippen LogP contribution is 2.18. The van der Waals surface area contributed by atoms with E-state index < -0.39 is 6.10 Å². The van der Waals surface area contributed by atoms with E-state index in [0.717, 1.165) is 70.6 Å². The fraction of sp³-hybridized carbons (Fsp3) is 0.894. The molecule has 0 N–H and O–H groups in total. The largest absolute Gasteiger partial charge is 0.462 e. The second-order valence-corrected chi connectivity index (χ2v) is 22.0. The molecule has 1 unspecified atom stereocenters. The Hall–Kier alpha value is -2.11. The fourth-order valence-electron chi connectivity index (χ4n) is 9.80. The van der Waals surface area contributed by atoms with E-state index in [9.17, 15) is 14.4 Å². The van der Waals surface area contributed by atoms with E-state index in [4.69, 9.17) is 14.2 Å². The Bertz CT molecular complexity index is 1160. The summed E-state index contributed by atoms with van der Waals surface area (Å²) in [7, 11) is 0. The SMILES string of the molecule is CCC/C=C\CCCCCCCC(=O)OCC(COC(=O)CCCCCCCCCCCCCCCCCCCCC/C=C\CCCCCCCCCC)OC(=O)CCCCCCCCCCCCCCC. The monoisotopic (exact) mass is 1010 g/mol. The maximum absolute atomic E-state index is 12.8. The molecule has 0 aliphatic rings. The molecule has 0 heterocycles. The molecule has 0 aliphatic carbocycles. The number of unbranched alkanes of at least 4 members (excludes halogenated alkanes) is 45. The van der Waals surface area contributed by atoms with E-state index in [1.807, 2.05) is 0 Å². The van der Waals surface area contributed by atoms with Crippen molar-refractivity contribution in [3.8, 4) is 0 Å². The average molecular weight is 1010 g/mol. The Morgan fingerprint density at radius 1 is 0.264 bits per heavy atom. The van der Waals surface area contributed by atoms with Gasteiger partial charge in [-0.3, -0.25) is 14.4 Å². The predicted molar refractivity (Wildman–Crippen MR) is 312 cm³/mol. The van der Waals surface area contributed by atoms with Gasteiger partial charge in [-0.2, -0.15) is 0 Å². The zero-order chi connectivity index (χ0) is 52.2. The van der Waals surface area contributed by atoms with Gasteiger partial charge in [0.05, 0.1) is 0 Å². The number of esters is 3. The Morgan fingerprint density at radius 2 is 0.486 bits per heavy atom. The molecule has 0 bridgehead atoms. The zero-order valence-electron chi connectivity index (χ0n) is 48.7. The Labute approximate surface area is 449 Å². The number of rotatable bonds is 60. The van der Waals surface area contributed by atoms with Gasteiger partial charge in [-0.05, 0) is 64.2 Å². The second-order valence-electron chi connectivity index (χ2n) is 22.0. The van der Waals surface area contributed by atoms with Gasteiger partial charge in [0.25, 0.3) is 0 Å². The highest BCUT2D eigenvalue weighted by atomic mass is 16.6. The summed E-state index contributed by atoms with van der Waals surface area (Å²) in [6.07, 6.45) is 73.6. The minimum Gasteiger partial charge on any atom is -0.462 e. The first-order chi connectivity index (χ1) is 35.5. The van der Waals surface area contributed by atoms with Gasteiger partial charge in [0.2, 0.25) is 0 Å². The van der Waals surface area contributed by atoms with Crippen molar-refractivity contribution in [2.75, 3.05) is 13.2 Å². The third kappa shape index (κ3) is 58.8. The van der Waals surface area contributed by atoms with Crippen molar-refractivity contribution in [2.24, 2.45) is 0 Å². The molecule has 0 amide bonds. The van der Waals surface area contributed by atoms with Crippen molar-refractivity contribution >= 4 is 17.9 Å². The van der Waals surface area contributed by atoms with Crippen LogP contribution in [0.25, 0.3) is 0 Å². The van der Waals surface area contributed by atoms with Crippen LogP contribution in [0.5, 0.6) is 0 Å². The van der Waals surface area contributed by atoms with Crippen LogP contribution >= 0.6 is 0 Å². The molecule has 0 spiro atoms. The molecule has 0 radical (unpaired) electrons. The lowest BCUT2D eigenvalue weighted by Gasteiger charge is -2.18. The molecule has 0 fully saturated rings. The third-order valence-corrected chi connectivity index (χ3v) is 14.7. The highest BCUT2D eigenvalue weighted by Gasteiger charge is 2.19. The summed E-state index contributed by atoms with van der Waals surface area (Å²) in [6.45, 7) is 6.62. The highest BCUT2D eigenvalue weighted by molar-refractivity contribution is 5.71. The van der Waals surface area contributed by atoms with E-state index in [0.29, 0.717) is 19.3 Å². The van der Waals surface area contributed by atoms with Gasteiger partial charge in [0.15, 0.2) is 6.10 Å². The van der Waals surface area contributed by atoms with E-state index in [-0.39, 0.29) is 31.1 Å². The van der Waals surface area contributed by atoms with Crippen molar-refractivity contribution in [1.29, 1.82) is 0 Å². The van der Waals surface area contributed by atoms with Crippen LogP contribution in [0.3, 0.4) is 0 Å². The van der Waals surface area contributed by atoms with Crippen LogP contribution in [0.15, 0.2) is 24.3 Å². The van der Waals surface area contributed by atoms with E-state index >= 15 is 0 Å². The van der Waals surface area contributed by atoms with Crippen molar-refractivity contribution in [1.82, 2.24) is 0 Å². The smallest absolute Gasteiger partial charge is 0.306 e. The molecular formula is C66H124O6. The summed E-state index contributed by atoms with van der Waals surface area (Å²) in [5.74, 6) is -0.857. The number of ether oxygens (including phenoxy) is 3. The van der Waals surface area contributed by atoms with Crippen molar-refractivity contribution < 1.29 is 28.6 Å². The predicted octanol–water partition coefficient (Wildman–Crippen LogP) is 21.8. The molecule has 0 saturated carbocycles. The summed E-state index contributed by atoms with van der Waals surface area (Å²) in [4.78, 5) is 38.1. The van der Waals surface area contributed by atoms with E-state index in [1.54, 1.807) is 0 Å². The van der Waals surface area contributed by atoms with Crippen LogP contribution in [0.1, 0.15) is 361 Å². The number of carbonyl (C=O) groups excluding carboxylic acids is 3. The molecule has 0 aromatic carbocycles. The van der Waals surface area contributed by atoms with Gasteiger partial charge in [-0.25, -0.2) is 0 Å². The van der Waals surface area contributed by atoms with Crippen LogP contribution in [-0.4, -0.2) is 37.2 Å². The van der Waals surface area contributed by atoms with Gasteiger partial charge >= 0.3 is 17.9 Å². The lowest BCUT2D eigenvalue weighted by Crippen LogP contribution is -2.30. The molecule has 424 valence electrons. The maximum atomic E-state index is 12.8. The lowest BCUT2D eigenvalue weighted by atomic mass is 10.0. The van der Waals surface area contributed by atoms with Crippen LogP contribution in [0.2, 0.25) is 0 Å². The van der Waals surface area contributed by atoms with Crippen LogP contribution in [-0.2, 0) is 28.6 Å². The second kappa shape index (κ2) is 61.4. The molecular weight excluding hydrogens is 889 g/mol. The summed E-state index contributed by atoms with van der Waals surface area (Å²) in [5, 5.41) is 0. The summed E-state index contributed by atoms with van der Waals surface area (Å²) in [6, 6.07) is 0. The zero-order valence-corrected chi connectivity index (χ0v) is 48.7. The molecule has 0 aliphatic heterocycles. The average Bonchev–Trinajstić information content (AvgIpc) is 3.38. The first-order valence-electron chi connectivity index (χ1n) is 32.3. The van der Waals surface area contributed by atoms with Crippen LogP contribution < -0.4 is 0 Å². The topological polar surface area (TPSA) is 78.9 Å². The van der Waals surface area contributed by atoms with Gasteiger partial charge in [0, 0.05) is 19.3 Å². The van der Waals surface area contributed by atoms with Crippen molar-refractivity contribution in [2.45, 2.75) is 367 Å². The summed E-state index contributed by atoms with van der Waals surface area (Å²) >= 11 is 0. The number of hydrogen-bond acceptors (Lipinski definition) is 6. The van der Waals surface area contributed by atoms with Crippen molar-refractivity contribution in [3.63, 3.8) is 0 Å². The van der Waals surface area contributed by atoms with Gasteiger partial charge in [-0.1, -0.05) is 302 Å². The molecule has 0 saturated heterocycles. The van der Waals surface area contributed by atoms with Gasteiger partial charge in [-0.15, -0.1) is 0 Å². The minimum atomic E-state index is -0.769. The third-order valence-electron chi connectivity index (χ3n) is 14.7. The molecule has 72 heavy (non-hydrogen) atoms. The molecule has 1 atom stereocenters. The van der Waals surface area contributed by atoms with Gasteiger partial charge in [0.1, 0.15) is 13.2 Å². The first-order valence-corrected chi connectivity index (χ1v) is 32.3. The fourth-order valence-corrected chi connectivity index (χ4v) is 9.80. The summed E-state index contributed by atoms with van der Waals surface area (Å²) < 4.78 is 16.9. The molecule has 0 aromatic rings. The van der Waals surface area contributed by atoms with E-state index in [1.165, 1.54) is 250 Å². The minimum absolute atomic E-state index is 0.0682. The van der Waals surface area contributed by atoms with Crippen LogP contribution in [0.4, 0.5) is 0 Å². The van der Waals surface area contributed by atoms with Crippen LogP contribution in [0, 0.1) is 0 Å². The van der Waals surface area contributed by atoms with Crippen molar-refractivity contribution in [3.05, 3.63) is 24.3 Å². The summed E-state index contributed by atoms with van der Waals surface area (Å²) in [5.41, 5.74) is 0. The maximum Gasteiger partial charge on any atom is 0.306 e. The molecule has 6 nitrogen and oxygen atoms in total. The van der Waals surface area contributed by atoms with E-state index in [2.05, 4.69) is 45.1 Å². The number of carbonyl (C=O) groups is 3. The Morgan fingerprint density at radius 3 is 0.750 bits per heavy atom. The molecule has 6 heteroatoms. The number of allylic oxidation sites excluding steroid dienone is 4. The first kappa shape index (κ1) is 69.9. The number of hydrogen-bond donors (Lipinski definition) is 0. The standard InChI is InChI=1S/C66H124O6/c1-4-7-10-13-16-19-22-24-25-26-27-28-29-30-31-32-33-34-35-36-37-38-39-40-41-43-44-47-50-53-56-59-65(68)71-62-63(61-70-64(67)58-55-52-49-46-21-18-15-12-9-6-3)72-66(69)60-57-54-51-48-45-42-23-20-17-14-11-8-5-2/h12,15,26-27,63H,4-11,13-14,16-25,28-62H2,1-3H3/b15-12-,27-26-.